The highest BCUT2D eigenvalue weighted by atomic mass is 14.7. The number of benzene rings is 1. The first-order valence-electron chi connectivity index (χ1n) is 9.24. The number of allylic oxidation sites excluding steroid dienone is 2. The van der Waals surface area contributed by atoms with Crippen molar-refractivity contribution in [3.05, 3.63) is 42.0 Å². The van der Waals surface area contributed by atoms with Crippen molar-refractivity contribution in [1.82, 2.24) is 0 Å². The number of hydrogen-bond donors (Lipinski definition) is 0. The molecule has 0 fully saturated rings. The molecule has 0 unspecified atom stereocenters. The Morgan fingerprint density at radius 3 is 2.26 bits per heavy atom. The lowest BCUT2D eigenvalue weighted by Crippen LogP contribution is -2.01. The number of hydrogen-bond acceptors (Lipinski definition) is 1. The van der Waals surface area contributed by atoms with Gasteiger partial charge < -0.3 is 0 Å². The van der Waals surface area contributed by atoms with Crippen LogP contribution in [0.25, 0.3) is 0 Å². The minimum absolute atomic E-state index is 0.774. The molecule has 0 bridgehead atoms. The second-order valence-corrected chi connectivity index (χ2v) is 7.50. The van der Waals surface area contributed by atoms with Crippen LogP contribution in [-0.2, 0) is 0 Å². The second-order valence-electron chi connectivity index (χ2n) is 7.50. The standard InChI is InChI=1S/C22H35N/c1-18(2)11-9-13-20(5)17-22(16-10-12-19(3)4)23-21-14-7-6-8-15-21/h6-8,13-15,18-19H,9-12,16-17H2,1-5H3. The molecule has 0 aliphatic carbocycles. The zero-order chi connectivity index (χ0) is 17.1. The van der Waals surface area contributed by atoms with Crippen molar-refractivity contribution in [2.75, 3.05) is 0 Å². The molecule has 0 aliphatic heterocycles. The van der Waals surface area contributed by atoms with E-state index >= 15 is 0 Å². The minimum Gasteiger partial charge on any atom is -0.258 e. The maximum atomic E-state index is 4.91. The number of nitrogens with zero attached hydrogens (tertiary/aromatic N) is 1. The molecule has 1 aromatic rings. The molecule has 128 valence electrons. The van der Waals surface area contributed by atoms with Crippen molar-refractivity contribution in [2.45, 2.75) is 73.1 Å². The van der Waals surface area contributed by atoms with Gasteiger partial charge in [0.1, 0.15) is 0 Å². The third-order valence-corrected chi connectivity index (χ3v) is 4.01. The smallest absolute Gasteiger partial charge is 0.0629 e. The van der Waals surface area contributed by atoms with Crippen molar-refractivity contribution in [3.8, 4) is 0 Å². The topological polar surface area (TPSA) is 12.4 Å². The van der Waals surface area contributed by atoms with E-state index < -0.39 is 0 Å². The monoisotopic (exact) mass is 313 g/mol. The summed E-state index contributed by atoms with van der Waals surface area (Å²) < 4.78 is 0. The van der Waals surface area contributed by atoms with Gasteiger partial charge >= 0.3 is 0 Å². The van der Waals surface area contributed by atoms with Gasteiger partial charge in [-0.15, -0.1) is 0 Å². The highest BCUT2D eigenvalue weighted by Crippen LogP contribution is 2.18. The van der Waals surface area contributed by atoms with Crippen LogP contribution in [-0.4, -0.2) is 5.71 Å². The van der Waals surface area contributed by atoms with E-state index in [9.17, 15) is 0 Å². The molecule has 0 saturated carbocycles. The van der Waals surface area contributed by atoms with E-state index in [1.807, 2.05) is 0 Å². The first-order chi connectivity index (χ1) is 11.0. The van der Waals surface area contributed by atoms with E-state index in [2.05, 4.69) is 71.0 Å². The normalized spacial score (nSPS) is 13.2. The van der Waals surface area contributed by atoms with Crippen LogP contribution < -0.4 is 0 Å². The molecule has 1 nitrogen and oxygen atoms in total. The molecule has 1 aromatic carbocycles. The van der Waals surface area contributed by atoms with Crippen LogP contribution in [0.1, 0.15) is 73.1 Å². The van der Waals surface area contributed by atoms with Crippen LogP contribution in [0, 0.1) is 11.8 Å². The van der Waals surface area contributed by atoms with E-state index in [1.54, 1.807) is 0 Å². The van der Waals surface area contributed by atoms with Crippen molar-refractivity contribution in [3.63, 3.8) is 0 Å². The van der Waals surface area contributed by atoms with E-state index in [0.717, 1.165) is 30.4 Å². The highest BCUT2D eigenvalue weighted by Gasteiger charge is 2.04. The fraction of sp³-hybridized carbons (Fsp3) is 0.591. The van der Waals surface area contributed by atoms with Gasteiger partial charge in [0.25, 0.3) is 0 Å². The summed E-state index contributed by atoms with van der Waals surface area (Å²) in [7, 11) is 0. The van der Waals surface area contributed by atoms with Gasteiger partial charge in [-0.1, -0.05) is 64.0 Å². The molecule has 0 aromatic heterocycles. The number of para-hydroxylation sites is 1. The zero-order valence-corrected chi connectivity index (χ0v) is 15.8. The van der Waals surface area contributed by atoms with Crippen molar-refractivity contribution in [2.24, 2.45) is 16.8 Å². The molecular formula is C22H35N. The van der Waals surface area contributed by atoms with Gasteiger partial charge in [-0.05, 0) is 56.6 Å². The molecule has 1 heteroatoms. The molecule has 0 atom stereocenters. The summed E-state index contributed by atoms with van der Waals surface area (Å²) in [5.41, 5.74) is 3.88. The van der Waals surface area contributed by atoms with Crippen LogP contribution in [0.3, 0.4) is 0 Å². The zero-order valence-electron chi connectivity index (χ0n) is 15.8. The Bertz CT molecular complexity index is 480. The molecule has 0 saturated heterocycles. The quantitative estimate of drug-likeness (QED) is 0.316. The van der Waals surface area contributed by atoms with Gasteiger partial charge in [-0.2, -0.15) is 0 Å². The van der Waals surface area contributed by atoms with Crippen molar-refractivity contribution < 1.29 is 0 Å². The maximum Gasteiger partial charge on any atom is 0.0629 e. The van der Waals surface area contributed by atoms with Crippen LogP contribution in [0.4, 0.5) is 5.69 Å². The molecule has 0 radical (unpaired) electrons. The Hall–Kier alpha value is -1.37. The molecule has 0 N–H and O–H groups in total. The lowest BCUT2D eigenvalue weighted by atomic mass is 9.99. The lowest BCUT2D eigenvalue weighted by Gasteiger charge is -2.10. The van der Waals surface area contributed by atoms with Crippen LogP contribution in [0.15, 0.2) is 47.0 Å². The largest absolute Gasteiger partial charge is 0.258 e. The Morgan fingerprint density at radius 2 is 1.65 bits per heavy atom. The summed E-state index contributed by atoms with van der Waals surface area (Å²) in [4.78, 5) is 4.91. The Labute approximate surface area is 143 Å². The summed E-state index contributed by atoms with van der Waals surface area (Å²) in [5.74, 6) is 1.55. The second kappa shape index (κ2) is 11.2. The Balaban J connectivity index is 2.68. The summed E-state index contributed by atoms with van der Waals surface area (Å²) in [6.45, 7) is 11.4. The number of rotatable bonds is 10. The SMILES string of the molecule is CC(=CCCC(C)C)CC(CCCC(C)C)=Nc1ccccc1. The molecule has 0 aliphatic rings. The first-order valence-corrected chi connectivity index (χ1v) is 9.24. The number of aliphatic imine (C=N–C) groups is 1. The van der Waals surface area contributed by atoms with E-state index in [0.29, 0.717) is 0 Å². The third kappa shape index (κ3) is 10.1. The summed E-state index contributed by atoms with van der Waals surface area (Å²) in [6, 6.07) is 10.4. The van der Waals surface area contributed by atoms with Gasteiger partial charge in [-0.25, -0.2) is 0 Å². The van der Waals surface area contributed by atoms with Crippen LogP contribution >= 0.6 is 0 Å². The molecular weight excluding hydrogens is 278 g/mol. The van der Waals surface area contributed by atoms with Crippen molar-refractivity contribution >= 4 is 11.4 Å². The summed E-state index contributed by atoms with van der Waals surface area (Å²) in [6.07, 6.45) is 9.52. The Kier molecular flexibility index (Phi) is 9.59. The third-order valence-electron chi connectivity index (χ3n) is 4.01. The first kappa shape index (κ1) is 19.7. The summed E-state index contributed by atoms with van der Waals surface area (Å²) in [5, 5.41) is 0. The van der Waals surface area contributed by atoms with Gasteiger partial charge in [0, 0.05) is 12.1 Å². The van der Waals surface area contributed by atoms with E-state index in [4.69, 9.17) is 4.99 Å². The fourth-order valence-corrected chi connectivity index (χ4v) is 2.64. The molecule has 0 spiro atoms. The highest BCUT2D eigenvalue weighted by molar-refractivity contribution is 5.88. The van der Waals surface area contributed by atoms with Crippen LogP contribution in [0.2, 0.25) is 0 Å². The van der Waals surface area contributed by atoms with Crippen LogP contribution in [0.5, 0.6) is 0 Å². The van der Waals surface area contributed by atoms with Gasteiger partial charge in [0.05, 0.1) is 5.69 Å². The van der Waals surface area contributed by atoms with Gasteiger partial charge in [0.2, 0.25) is 0 Å². The molecule has 23 heavy (non-hydrogen) atoms. The Morgan fingerprint density at radius 1 is 1.00 bits per heavy atom. The average Bonchev–Trinajstić information content (AvgIpc) is 2.47. The van der Waals surface area contributed by atoms with E-state index in [-0.39, 0.29) is 0 Å². The lowest BCUT2D eigenvalue weighted by molar-refractivity contribution is 0.564. The fourth-order valence-electron chi connectivity index (χ4n) is 2.64. The van der Waals surface area contributed by atoms with Crippen molar-refractivity contribution in [1.29, 1.82) is 0 Å². The average molecular weight is 314 g/mol. The molecule has 0 heterocycles. The predicted molar refractivity (Wildman–Crippen MR) is 105 cm³/mol. The summed E-state index contributed by atoms with van der Waals surface area (Å²) >= 11 is 0. The van der Waals surface area contributed by atoms with E-state index in [1.165, 1.54) is 37.0 Å². The maximum absolute atomic E-state index is 4.91. The van der Waals surface area contributed by atoms with Gasteiger partial charge in [-0.3, -0.25) is 4.99 Å². The molecule has 1 rings (SSSR count). The molecule has 0 amide bonds. The minimum atomic E-state index is 0.774. The predicted octanol–water partition coefficient (Wildman–Crippen LogP) is 7.36. The van der Waals surface area contributed by atoms with Gasteiger partial charge in [0.15, 0.2) is 0 Å².